The minimum Gasteiger partial charge on any atom is -0.496 e. The molecule has 2 N–H and O–H groups in total. The second kappa shape index (κ2) is 7.81. The molecule has 1 atom stereocenters. The van der Waals surface area contributed by atoms with Crippen LogP contribution >= 0.6 is 0 Å². The lowest BCUT2D eigenvalue weighted by molar-refractivity contribution is -0.113. The Morgan fingerprint density at radius 1 is 1.16 bits per heavy atom. The van der Waals surface area contributed by atoms with Crippen molar-refractivity contribution >= 4 is 22.9 Å². The summed E-state index contributed by atoms with van der Waals surface area (Å²) in [5, 5.41) is 0.842. The molecule has 1 unspecified atom stereocenters. The van der Waals surface area contributed by atoms with Crippen LogP contribution in [0.25, 0.3) is 22.0 Å². The highest BCUT2D eigenvalue weighted by molar-refractivity contribution is 6.02. The van der Waals surface area contributed by atoms with Gasteiger partial charge in [-0.2, -0.15) is 0 Å². The van der Waals surface area contributed by atoms with Crippen LogP contribution in [0, 0.1) is 0 Å². The van der Waals surface area contributed by atoms with Gasteiger partial charge < -0.3 is 20.0 Å². The average molecular weight is 418 g/mol. The zero-order chi connectivity index (χ0) is 21.5. The molecule has 7 heteroatoms. The van der Waals surface area contributed by atoms with Gasteiger partial charge in [-0.3, -0.25) is 9.88 Å². The summed E-state index contributed by atoms with van der Waals surface area (Å²) in [5.74, 6) is 1.13. The molecule has 0 bridgehead atoms. The molecular weight excluding hydrogens is 392 g/mol. The van der Waals surface area contributed by atoms with Gasteiger partial charge in [-0.25, -0.2) is 4.98 Å². The number of anilines is 1. The third-order valence-electron chi connectivity index (χ3n) is 6.64. The van der Waals surface area contributed by atoms with E-state index >= 15 is 0 Å². The Bertz CT molecular complexity index is 1160. The summed E-state index contributed by atoms with van der Waals surface area (Å²) in [5.41, 5.74) is 11.6. The fraction of sp³-hybridized carbons (Fsp3) is 0.375. The molecule has 160 valence electrons. The summed E-state index contributed by atoms with van der Waals surface area (Å²) in [6, 6.07) is 7.76. The summed E-state index contributed by atoms with van der Waals surface area (Å²) in [6.45, 7) is 0.649. The highest BCUT2D eigenvalue weighted by Gasteiger charge is 2.38. The molecule has 0 saturated heterocycles. The van der Waals surface area contributed by atoms with E-state index in [2.05, 4.69) is 9.88 Å². The Kier molecular flexibility index (Phi) is 4.98. The summed E-state index contributed by atoms with van der Waals surface area (Å²) in [6.07, 6.45) is 7.42. The number of nitrogens with zero attached hydrogens (tertiary/aromatic N) is 3. The van der Waals surface area contributed by atoms with Crippen LogP contribution in [-0.4, -0.2) is 41.4 Å². The van der Waals surface area contributed by atoms with Gasteiger partial charge in [0.05, 0.1) is 31.5 Å². The van der Waals surface area contributed by atoms with E-state index in [0.717, 1.165) is 52.4 Å². The van der Waals surface area contributed by atoms with Gasteiger partial charge in [0.15, 0.2) is 0 Å². The van der Waals surface area contributed by atoms with E-state index in [9.17, 15) is 4.79 Å². The number of fused-ring (bicyclic) bond motifs is 2. The van der Waals surface area contributed by atoms with Crippen LogP contribution in [0.15, 0.2) is 30.5 Å². The second-order valence-corrected chi connectivity index (χ2v) is 8.21. The smallest absolute Gasteiger partial charge is 0.216 e. The summed E-state index contributed by atoms with van der Waals surface area (Å²) in [7, 11) is 3.20. The predicted octanol–water partition coefficient (Wildman–Crippen LogP) is 3.89. The third kappa shape index (κ3) is 3.11. The molecule has 3 aromatic rings. The number of aromatic nitrogens is 2. The molecule has 0 amide bonds. The van der Waals surface area contributed by atoms with Gasteiger partial charge in [0.2, 0.25) is 5.88 Å². The number of ether oxygens (including phenoxy) is 2. The number of pyridine rings is 2. The first-order valence-corrected chi connectivity index (χ1v) is 10.7. The van der Waals surface area contributed by atoms with Crippen LogP contribution < -0.4 is 15.2 Å². The highest BCUT2D eigenvalue weighted by Crippen LogP contribution is 2.44. The van der Waals surface area contributed by atoms with Crippen LogP contribution in [0.4, 0.5) is 5.69 Å². The normalized spacial score (nSPS) is 19.0. The van der Waals surface area contributed by atoms with E-state index in [1.165, 1.54) is 12.8 Å². The molecule has 5 rings (SSSR count). The van der Waals surface area contributed by atoms with Gasteiger partial charge in [0, 0.05) is 52.6 Å². The zero-order valence-electron chi connectivity index (χ0n) is 17.8. The summed E-state index contributed by atoms with van der Waals surface area (Å²) in [4.78, 5) is 23.8. The monoisotopic (exact) mass is 418 g/mol. The fourth-order valence-electron chi connectivity index (χ4n) is 5.12. The fourth-order valence-corrected chi connectivity index (χ4v) is 5.12. The number of hydrogen-bond acceptors (Lipinski definition) is 7. The number of nitrogen functional groups attached to an aromatic ring is 1. The molecule has 1 aliphatic carbocycles. The van der Waals surface area contributed by atoms with Crippen molar-refractivity contribution in [3.63, 3.8) is 0 Å². The van der Waals surface area contributed by atoms with Crippen LogP contribution in [-0.2, 0) is 11.3 Å². The van der Waals surface area contributed by atoms with Crippen molar-refractivity contribution in [1.29, 1.82) is 0 Å². The predicted molar refractivity (Wildman–Crippen MR) is 119 cm³/mol. The molecule has 1 saturated carbocycles. The van der Waals surface area contributed by atoms with Crippen molar-refractivity contribution in [1.82, 2.24) is 14.9 Å². The van der Waals surface area contributed by atoms with E-state index in [1.54, 1.807) is 26.5 Å². The number of carbonyl (C=O) groups excluding carboxylic acids is 1. The number of rotatable bonds is 5. The molecule has 2 aliphatic rings. The topological polar surface area (TPSA) is 90.6 Å². The van der Waals surface area contributed by atoms with Crippen molar-refractivity contribution in [3.8, 4) is 22.8 Å². The van der Waals surface area contributed by atoms with Crippen LogP contribution in [0.2, 0.25) is 0 Å². The van der Waals surface area contributed by atoms with Gasteiger partial charge in [0.1, 0.15) is 12.0 Å². The van der Waals surface area contributed by atoms with Crippen LogP contribution in [0.3, 0.4) is 0 Å². The largest absolute Gasteiger partial charge is 0.496 e. The molecule has 0 spiro atoms. The van der Waals surface area contributed by atoms with Crippen molar-refractivity contribution < 1.29 is 14.3 Å². The number of methoxy groups -OCH3 is 2. The molecule has 3 heterocycles. The molecule has 7 nitrogen and oxygen atoms in total. The zero-order valence-corrected chi connectivity index (χ0v) is 17.8. The molecule has 31 heavy (non-hydrogen) atoms. The van der Waals surface area contributed by atoms with E-state index in [4.69, 9.17) is 20.2 Å². The first kappa shape index (κ1) is 19.8. The standard InChI is InChI=1S/C24H26N4O3/c1-30-20-10-21(31-2)26-11-17(20)15-8-5-9-16-23(25)22-18(27-24(15)16)12-28(19(22)13-29)14-6-3-4-7-14/h5,8-11,13-14,19H,3-4,6-7,12H2,1-2H3,(H2,25,27). The number of nitrogens with two attached hydrogens (primary N) is 1. The summed E-state index contributed by atoms with van der Waals surface area (Å²) >= 11 is 0. The van der Waals surface area contributed by atoms with Crippen LogP contribution in [0.1, 0.15) is 43.0 Å². The van der Waals surface area contributed by atoms with Gasteiger partial charge in [-0.1, -0.05) is 31.0 Å². The molecule has 2 aromatic heterocycles. The van der Waals surface area contributed by atoms with Gasteiger partial charge >= 0.3 is 0 Å². The lowest BCUT2D eigenvalue weighted by Gasteiger charge is -2.27. The molecular formula is C24H26N4O3. The Morgan fingerprint density at radius 2 is 1.97 bits per heavy atom. The molecule has 0 radical (unpaired) electrons. The Labute approximate surface area is 181 Å². The second-order valence-electron chi connectivity index (χ2n) is 8.21. The summed E-state index contributed by atoms with van der Waals surface area (Å²) < 4.78 is 10.8. The minimum absolute atomic E-state index is 0.323. The van der Waals surface area contributed by atoms with E-state index in [1.807, 2.05) is 18.2 Å². The number of hydrogen-bond donors (Lipinski definition) is 1. The average Bonchev–Trinajstić information content (AvgIpc) is 3.46. The lowest BCUT2D eigenvalue weighted by Crippen LogP contribution is -2.32. The van der Waals surface area contributed by atoms with Gasteiger partial charge in [0.25, 0.3) is 0 Å². The van der Waals surface area contributed by atoms with Gasteiger partial charge in [-0.15, -0.1) is 0 Å². The maximum absolute atomic E-state index is 12.1. The minimum atomic E-state index is -0.323. The number of benzene rings is 1. The maximum Gasteiger partial charge on any atom is 0.216 e. The van der Waals surface area contributed by atoms with E-state index < -0.39 is 0 Å². The third-order valence-corrected chi connectivity index (χ3v) is 6.64. The van der Waals surface area contributed by atoms with Crippen molar-refractivity contribution in [2.45, 2.75) is 44.3 Å². The highest BCUT2D eigenvalue weighted by atomic mass is 16.5. The Hall–Kier alpha value is -3.19. The van der Waals surface area contributed by atoms with Crippen molar-refractivity contribution in [3.05, 3.63) is 41.7 Å². The number of carbonyl (C=O) groups is 1. The Morgan fingerprint density at radius 3 is 2.68 bits per heavy atom. The first-order valence-electron chi connectivity index (χ1n) is 10.7. The maximum atomic E-state index is 12.1. The molecule has 1 aliphatic heterocycles. The number of aldehydes is 1. The SMILES string of the molecule is COc1cc(OC)c(-c2cccc3c(N)c4c(nc23)CN(C2CCCC2)C4C=O)cn1. The van der Waals surface area contributed by atoms with Crippen LogP contribution in [0.5, 0.6) is 11.6 Å². The van der Waals surface area contributed by atoms with E-state index in [-0.39, 0.29) is 6.04 Å². The number of para-hydroxylation sites is 1. The Balaban J connectivity index is 1.68. The van der Waals surface area contributed by atoms with Crippen molar-refractivity contribution in [2.24, 2.45) is 0 Å². The quantitative estimate of drug-likeness (QED) is 0.629. The first-order chi connectivity index (χ1) is 15.2. The van der Waals surface area contributed by atoms with Crippen molar-refractivity contribution in [2.75, 3.05) is 20.0 Å². The van der Waals surface area contributed by atoms with E-state index in [0.29, 0.717) is 29.9 Å². The molecule has 1 fully saturated rings. The van der Waals surface area contributed by atoms with Gasteiger partial charge in [-0.05, 0) is 12.8 Å². The lowest BCUT2D eigenvalue weighted by atomic mass is 9.98. The molecule has 1 aromatic carbocycles.